The number of fused-ring (bicyclic) bond motifs is 1. The van der Waals surface area contributed by atoms with Crippen LogP contribution < -0.4 is 0 Å². The number of carbonyl (C=O) groups is 1. The molecular formula is C22H14N2O3S2. The summed E-state index contributed by atoms with van der Waals surface area (Å²) in [7, 11) is 1.34. The molecular weight excluding hydrogens is 404 g/mol. The standard InChI is InChI=1S/C22H14N2O3S2/c1-26-21(25)17-7-3-2-6-16(17)19-11-10-14(27-19)12-15(13-23)28-22-24-18-8-4-5-9-20(18)29-22/h2-12H,1H3. The molecule has 142 valence electrons. The Morgan fingerprint density at radius 3 is 2.76 bits per heavy atom. The third-order valence-electron chi connectivity index (χ3n) is 4.08. The number of hydrogen-bond acceptors (Lipinski definition) is 7. The molecule has 0 N–H and O–H groups in total. The van der Waals surface area contributed by atoms with Crippen LogP contribution >= 0.6 is 23.1 Å². The van der Waals surface area contributed by atoms with Crippen molar-refractivity contribution in [2.45, 2.75) is 4.34 Å². The summed E-state index contributed by atoms with van der Waals surface area (Å²) in [6.45, 7) is 0. The van der Waals surface area contributed by atoms with Gasteiger partial charge in [0.1, 0.15) is 17.6 Å². The van der Waals surface area contributed by atoms with Crippen molar-refractivity contribution >= 4 is 45.4 Å². The molecule has 5 nitrogen and oxygen atoms in total. The van der Waals surface area contributed by atoms with E-state index in [0.717, 1.165) is 14.6 Å². The average Bonchev–Trinajstić information content (AvgIpc) is 3.39. The number of para-hydroxylation sites is 1. The molecule has 2 aromatic heterocycles. The van der Waals surface area contributed by atoms with Crippen molar-refractivity contribution in [3.05, 3.63) is 76.9 Å². The van der Waals surface area contributed by atoms with E-state index in [9.17, 15) is 10.1 Å². The van der Waals surface area contributed by atoms with Crippen LogP contribution in [0.3, 0.4) is 0 Å². The molecule has 0 aliphatic heterocycles. The summed E-state index contributed by atoms with van der Waals surface area (Å²) < 4.78 is 12.6. The Morgan fingerprint density at radius 1 is 1.17 bits per heavy atom. The van der Waals surface area contributed by atoms with E-state index in [1.165, 1.54) is 30.2 Å². The Hall–Kier alpha value is -3.34. The zero-order valence-electron chi connectivity index (χ0n) is 15.3. The molecule has 0 aliphatic rings. The maximum Gasteiger partial charge on any atom is 0.338 e. The Balaban J connectivity index is 1.61. The van der Waals surface area contributed by atoms with Gasteiger partial charge < -0.3 is 9.15 Å². The highest BCUT2D eigenvalue weighted by Crippen LogP contribution is 2.35. The summed E-state index contributed by atoms with van der Waals surface area (Å²) in [5.74, 6) is 0.613. The Bertz CT molecular complexity index is 1230. The Labute approximate surface area is 175 Å². The molecule has 29 heavy (non-hydrogen) atoms. The highest BCUT2D eigenvalue weighted by Gasteiger charge is 2.15. The molecule has 0 spiro atoms. The molecule has 2 aromatic carbocycles. The summed E-state index contributed by atoms with van der Waals surface area (Å²) >= 11 is 2.84. The maximum absolute atomic E-state index is 12.0. The van der Waals surface area contributed by atoms with Gasteiger partial charge in [0.25, 0.3) is 0 Å². The van der Waals surface area contributed by atoms with E-state index in [1.807, 2.05) is 30.3 Å². The highest BCUT2D eigenvalue weighted by molar-refractivity contribution is 8.05. The van der Waals surface area contributed by atoms with Gasteiger partial charge in [0.2, 0.25) is 0 Å². The van der Waals surface area contributed by atoms with E-state index >= 15 is 0 Å². The highest BCUT2D eigenvalue weighted by atomic mass is 32.2. The van der Waals surface area contributed by atoms with Crippen LogP contribution in [-0.2, 0) is 4.74 Å². The van der Waals surface area contributed by atoms with Crippen molar-refractivity contribution in [2.75, 3.05) is 7.11 Å². The van der Waals surface area contributed by atoms with Crippen LogP contribution in [-0.4, -0.2) is 18.1 Å². The van der Waals surface area contributed by atoms with Crippen LogP contribution in [0.1, 0.15) is 16.1 Å². The van der Waals surface area contributed by atoms with Gasteiger partial charge in [-0.1, -0.05) is 30.3 Å². The lowest BCUT2D eigenvalue weighted by Gasteiger charge is -2.04. The number of hydrogen-bond donors (Lipinski definition) is 0. The van der Waals surface area contributed by atoms with Crippen molar-refractivity contribution < 1.29 is 13.9 Å². The number of ether oxygens (including phenoxy) is 1. The molecule has 0 aliphatic carbocycles. The van der Waals surface area contributed by atoms with Crippen molar-refractivity contribution in [1.29, 1.82) is 5.26 Å². The largest absolute Gasteiger partial charge is 0.465 e. The third-order valence-corrected chi connectivity index (χ3v) is 6.11. The number of furan rings is 1. The summed E-state index contributed by atoms with van der Waals surface area (Å²) in [6.07, 6.45) is 1.67. The predicted molar refractivity (Wildman–Crippen MR) is 115 cm³/mol. The van der Waals surface area contributed by atoms with Crippen LogP contribution in [0.2, 0.25) is 0 Å². The van der Waals surface area contributed by atoms with Gasteiger partial charge in [0.15, 0.2) is 4.34 Å². The Morgan fingerprint density at radius 2 is 1.97 bits per heavy atom. The first-order chi connectivity index (χ1) is 14.2. The second-order valence-electron chi connectivity index (χ2n) is 5.91. The van der Waals surface area contributed by atoms with Gasteiger partial charge in [-0.3, -0.25) is 0 Å². The number of nitrogens with zero attached hydrogens (tertiary/aromatic N) is 2. The number of carbonyl (C=O) groups excluding carboxylic acids is 1. The van der Waals surface area contributed by atoms with Crippen LogP contribution in [0.25, 0.3) is 27.6 Å². The number of allylic oxidation sites excluding steroid dienone is 1. The molecule has 2 heterocycles. The quantitative estimate of drug-likeness (QED) is 0.225. The van der Waals surface area contributed by atoms with E-state index < -0.39 is 5.97 Å². The van der Waals surface area contributed by atoms with Crippen LogP contribution in [0.5, 0.6) is 0 Å². The van der Waals surface area contributed by atoms with Gasteiger partial charge in [-0.15, -0.1) is 11.3 Å². The summed E-state index contributed by atoms with van der Waals surface area (Å²) in [4.78, 5) is 17.0. The minimum Gasteiger partial charge on any atom is -0.465 e. The van der Waals surface area contributed by atoms with Gasteiger partial charge in [0, 0.05) is 11.6 Å². The first-order valence-electron chi connectivity index (χ1n) is 8.60. The van der Waals surface area contributed by atoms with Crippen molar-refractivity contribution in [1.82, 2.24) is 4.98 Å². The van der Waals surface area contributed by atoms with E-state index in [4.69, 9.17) is 9.15 Å². The lowest BCUT2D eigenvalue weighted by molar-refractivity contribution is 0.0601. The lowest BCUT2D eigenvalue weighted by atomic mass is 10.1. The molecule has 0 fully saturated rings. The Kier molecular flexibility index (Phi) is 5.47. The number of nitriles is 1. The molecule has 0 unspecified atom stereocenters. The van der Waals surface area contributed by atoms with Crippen molar-refractivity contribution in [3.8, 4) is 17.4 Å². The molecule has 0 atom stereocenters. The van der Waals surface area contributed by atoms with E-state index in [0.29, 0.717) is 27.6 Å². The molecule has 0 saturated carbocycles. The number of thioether (sulfide) groups is 1. The minimum atomic E-state index is -0.432. The van der Waals surface area contributed by atoms with Gasteiger partial charge in [-0.2, -0.15) is 5.26 Å². The summed E-state index contributed by atoms with van der Waals surface area (Å²) in [6, 6.07) is 20.6. The monoisotopic (exact) mass is 418 g/mol. The summed E-state index contributed by atoms with van der Waals surface area (Å²) in [5.41, 5.74) is 1.97. The molecule has 0 amide bonds. The molecule has 7 heteroatoms. The number of methoxy groups -OCH3 is 1. The molecule has 0 saturated heterocycles. The summed E-state index contributed by atoms with van der Waals surface area (Å²) in [5, 5.41) is 9.53. The number of rotatable bonds is 5. The number of thiazole rings is 1. The van der Waals surface area contributed by atoms with Crippen molar-refractivity contribution in [3.63, 3.8) is 0 Å². The third kappa shape index (κ3) is 4.09. The fraction of sp³-hybridized carbons (Fsp3) is 0.0455. The SMILES string of the molecule is COC(=O)c1ccccc1-c1ccc(C=C(C#N)Sc2nc3ccccc3s2)o1. The van der Waals surface area contributed by atoms with Crippen LogP contribution in [0.4, 0.5) is 0 Å². The normalized spacial score (nSPS) is 11.4. The van der Waals surface area contributed by atoms with Crippen molar-refractivity contribution in [2.24, 2.45) is 0 Å². The second kappa shape index (κ2) is 8.35. The number of esters is 1. The van der Waals surface area contributed by atoms with Crippen LogP contribution in [0.15, 0.2) is 74.3 Å². The molecule has 4 aromatic rings. The smallest absolute Gasteiger partial charge is 0.338 e. The van der Waals surface area contributed by atoms with Crippen LogP contribution in [0, 0.1) is 11.3 Å². The zero-order chi connectivity index (χ0) is 20.2. The fourth-order valence-electron chi connectivity index (χ4n) is 2.76. The van der Waals surface area contributed by atoms with E-state index in [2.05, 4.69) is 11.1 Å². The van der Waals surface area contributed by atoms with E-state index in [1.54, 1.807) is 36.4 Å². The first-order valence-corrected chi connectivity index (χ1v) is 10.2. The average molecular weight is 418 g/mol. The molecule has 0 radical (unpaired) electrons. The van der Waals surface area contributed by atoms with Gasteiger partial charge in [-0.25, -0.2) is 9.78 Å². The van der Waals surface area contributed by atoms with Gasteiger partial charge in [-0.05, 0) is 42.1 Å². The second-order valence-corrected chi connectivity index (χ2v) is 8.23. The number of benzene rings is 2. The zero-order valence-corrected chi connectivity index (χ0v) is 16.9. The maximum atomic E-state index is 12.0. The fourth-order valence-corrected chi connectivity index (χ4v) is 4.72. The topological polar surface area (TPSA) is 76.1 Å². The predicted octanol–water partition coefficient (Wildman–Crippen LogP) is 6.00. The molecule has 4 rings (SSSR count). The minimum absolute atomic E-state index is 0.421. The van der Waals surface area contributed by atoms with Gasteiger partial charge in [0.05, 0.1) is 27.8 Å². The first kappa shape index (κ1) is 19.0. The molecule has 0 bridgehead atoms. The lowest BCUT2D eigenvalue weighted by Crippen LogP contribution is -2.02. The number of aromatic nitrogens is 1. The van der Waals surface area contributed by atoms with E-state index in [-0.39, 0.29) is 0 Å². The van der Waals surface area contributed by atoms with Gasteiger partial charge >= 0.3 is 5.97 Å².